The molecule has 0 aliphatic rings. The fourth-order valence-electron chi connectivity index (χ4n) is 4.00. The summed E-state index contributed by atoms with van der Waals surface area (Å²) in [6.07, 6.45) is 0. The Hall–Kier alpha value is -4.50. The fourth-order valence-corrected chi connectivity index (χ4v) is 4.21. The van der Waals surface area contributed by atoms with Crippen LogP contribution in [0.3, 0.4) is 0 Å². The predicted molar refractivity (Wildman–Crippen MR) is 144 cm³/mol. The van der Waals surface area contributed by atoms with E-state index in [1.54, 1.807) is 30.1 Å². The van der Waals surface area contributed by atoms with Gasteiger partial charge >= 0.3 is 0 Å². The Kier molecular flexibility index (Phi) is 6.22. The van der Waals surface area contributed by atoms with Gasteiger partial charge in [0.1, 0.15) is 22.5 Å². The lowest BCUT2D eigenvalue weighted by atomic mass is 10.1. The van der Waals surface area contributed by atoms with Gasteiger partial charge in [-0.3, -0.25) is 10.1 Å². The van der Waals surface area contributed by atoms with Crippen LogP contribution < -0.4 is 20.1 Å². The molecule has 4 aromatic carbocycles. The van der Waals surface area contributed by atoms with Gasteiger partial charge in [-0.1, -0.05) is 36.4 Å². The van der Waals surface area contributed by atoms with Gasteiger partial charge in [0, 0.05) is 17.1 Å². The highest BCUT2D eigenvalue weighted by atomic mass is 32.1. The van der Waals surface area contributed by atoms with Crippen LogP contribution in [0.15, 0.2) is 72.8 Å². The average molecular weight is 498 g/mol. The zero-order valence-corrected chi connectivity index (χ0v) is 20.7. The molecule has 0 saturated heterocycles. The number of nitrogens with one attached hydrogen (secondary N) is 2. The Bertz CT molecular complexity index is 1620. The van der Waals surface area contributed by atoms with Crippen LogP contribution in [0.25, 0.3) is 27.5 Å². The monoisotopic (exact) mass is 497 g/mol. The summed E-state index contributed by atoms with van der Waals surface area (Å²) in [5, 5.41) is 17.5. The predicted octanol–water partition coefficient (Wildman–Crippen LogP) is 5.03. The number of benzene rings is 4. The van der Waals surface area contributed by atoms with Gasteiger partial charge in [0.2, 0.25) is 0 Å². The smallest absolute Gasteiger partial charge is 0.261 e. The average Bonchev–Trinajstić information content (AvgIpc) is 3.30. The Morgan fingerprint density at radius 1 is 0.917 bits per heavy atom. The molecule has 0 aliphatic carbocycles. The quantitative estimate of drug-likeness (QED) is 0.329. The third kappa shape index (κ3) is 4.44. The number of rotatable bonds is 5. The second-order valence-corrected chi connectivity index (χ2v) is 8.53. The van der Waals surface area contributed by atoms with Crippen LogP contribution in [-0.4, -0.2) is 40.2 Å². The van der Waals surface area contributed by atoms with E-state index in [1.165, 1.54) is 7.11 Å². The molecule has 8 nitrogen and oxygen atoms in total. The van der Waals surface area contributed by atoms with Crippen molar-refractivity contribution in [3.05, 3.63) is 83.9 Å². The number of hydrogen-bond donors (Lipinski definition) is 2. The molecule has 1 heterocycles. The maximum absolute atomic E-state index is 12.8. The van der Waals surface area contributed by atoms with Gasteiger partial charge in [-0.05, 0) is 60.4 Å². The molecule has 0 spiro atoms. The van der Waals surface area contributed by atoms with Crippen molar-refractivity contribution >= 4 is 50.7 Å². The van der Waals surface area contributed by atoms with Crippen LogP contribution in [0.5, 0.6) is 11.5 Å². The normalized spacial score (nSPS) is 10.9. The van der Waals surface area contributed by atoms with Gasteiger partial charge in [0.25, 0.3) is 5.91 Å². The summed E-state index contributed by atoms with van der Waals surface area (Å²) in [4.78, 5) is 14.4. The largest absolute Gasteiger partial charge is 0.497 e. The number of carbonyl (C=O) groups excluding carboxylic acids is 1. The molecule has 9 heteroatoms. The number of aromatic nitrogens is 3. The minimum absolute atomic E-state index is 0.154. The number of aryl methyl sites for hydroxylation is 1. The number of thiocarbonyl (C=S) groups is 1. The first kappa shape index (κ1) is 23.3. The van der Waals surface area contributed by atoms with Gasteiger partial charge in [0.05, 0.1) is 25.5 Å². The molecule has 1 aromatic heterocycles. The van der Waals surface area contributed by atoms with E-state index in [0.717, 1.165) is 33.2 Å². The summed E-state index contributed by atoms with van der Waals surface area (Å²) in [6.45, 7) is 1.94. The zero-order chi connectivity index (χ0) is 25.2. The number of nitrogens with zero attached hydrogens (tertiary/aromatic N) is 3. The topological polar surface area (TPSA) is 90.3 Å². The highest BCUT2D eigenvalue weighted by Gasteiger charge is 2.16. The highest BCUT2D eigenvalue weighted by molar-refractivity contribution is 7.80. The molecule has 0 atom stereocenters. The fraction of sp³-hybridized carbons (Fsp3) is 0.111. The van der Waals surface area contributed by atoms with E-state index < -0.39 is 5.91 Å². The van der Waals surface area contributed by atoms with Crippen LogP contribution in [0.2, 0.25) is 0 Å². The van der Waals surface area contributed by atoms with Crippen molar-refractivity contribution in [2.45, 2.75) is 6.92 Å². The maximum atomic E-state index is 12.8. The van der Waals surface area contributed by atoms with Gasteiger partial charge < -0.3 is 14.8 Å². The lowest BCUT2D eigenvalue weighted by molar-refractivity contribution is 0.0974. The van der Waals surface area contributed by atoms with Gasteiger partial charge in [-0.15, -0.1) is 15.0 Å². The summed E-state index contributed by atoms with van der Waals surface area (Å²) >= 11 is 5.41. The molecule has 0 saturated carbocycles. The van der Waals surface area contributed by atoms with Crippen molar-refractivity contribution < 1.29 is 14.3 Å². The second-order valence-electron chi connectivity index (χ2n) is 8.12. The number of anilines is 1. The molecule has 180 valence electrons. The minimum atomic E-state index is -0.396. The van der Waals surface area contributed by atoms with E-state index in [2.05, 4.69) is 33.9 Å². The molecule has 2 N–H and O–H groups in total. The molecule has 0 aliphatic heterocycles. The molecular weight excluding hydrogens is 474 g/mol. The second kappa shape index (κ2) is 9.63. The molecule has 0 bridgehead atoms. The van der Waals surface area contributed by atoms with Gasteiger partial charge in [-0.25, -0.2) is 0 Å². The maximum Gasteiger partial charge on any atom is 0.261 e. The van der Waals surface area contributed by atoms with E-state index in [4.69, 9.17) is 26.8 Å². The van der Waals surface area contributed by atoms with E-state index in [0.29, 0.717) is 22.6 Å². The lowest BCUT2D eigenvalue weighted by Crippen LogP contribution is -2.34. The van der Waals surface area contributed by atoms with Crippen molar-refractivity contribution in [2.75, 3.05) is 19.5 Å². The number of methoxy groups -OCH3 is 2. The van der Waals surface area contributed by atoms with Crippen LogP contribution in [-0.2, 0) is 0 Å². The number of hydrogen-bond acceptors (Lipinski definition) is 6. The Labute approximate surface area is 212 Å². The molecule has 0 radical (unpaired) electrons. The summed E-state index contributed by atoms with van der Waals surface area (Å²) in [6, 6.07) is 22.9. The summed E-state index contributed by atoms with van der Waals surface area (Å²) in [7, 11) is 3.04. The van der Waals surface area contributed by atoms with Crippen molar-refractivity contribution in [3.8, 4) is 17.2 Å². The van der Waals surface area contributed by atoms with Crippen LogP contribution >= 0.6 is 12.2 Å². The Balaban J connectivity index is 1.38. The Morgan fingerprint density at radius 2 is 1.67 bits per heavy atom. The third-order valence-corrected chi connectivity index (χ3v) is 6.04. The van der Waals surface area contributed by atoms with Crippen molar-refractivity contribution in [1.82, 2.24) is 20.3 Å². The van der Waals surface area contributed by atoms with Crippen molar-refractivity contribution in [1.29, 1.82) is 0 Å². The lowest BCUT2D eigenvalue weighted by Gasteiger charge is -2.13. The van der Waals surface area contributed by atoms with Crippen molar-refractivity contribution in [2.24, 2.45) is 0 Å². The third-order valence-electron chi connectivity index (χ3n) is 5.84. The molecule has 5 aromatic rings. The number of amides is 1. The van der Waals surface area contributed by atoms with Crippen LogP contribution in [0, 0.1) is 6.92 Å². The molecule has 1 amide bonds. The zero-order valence-electron chi connectivity index (χ0n) is 19.9. The Morgan fingerprint density at radius 3 is 2.44 bits per heavy atom. The van der Waals surface area contributed by atoms with Crippen molar-refractivity contribution in [3.63, 3.8) is 0 Å². The molecular formula is C27H23N5O3S. The highest BCUT2D eigenvalue weighted by Crippen LogP contribution is 2.26. The van der Waals surface area contributed by atoms with Crippen LogP contribution in [0.1, 0.15) is 15.9 Å². The number of fused-ring (bicyclic) bond motifs is 2. The SMILES string of the molecule is COc1ccc(C(=O)NC(=S)Nc2cc3nn(-c4cccc5ccccc45)nc3cc2C)c(OC)c1. The first-order valence-electron chi connectivity index (χ1n) is 11.2. The molecule has 36 heavy (non-hydrogen) atoms. The first-order chi connectivity index (χ1) is 17.5. The van der Waals surface area contributed by atoms with E-state index >= 15 is 0 Å². The summed E-state index contributed by atoms with van der Waals surface area (Å²) in [5.74, 6) is 0.578. The number of carbonyl (C=O) groups is 1. The number of ether oxygens (including phenoxy) is 2. The molecule has 0 fully saturated rings. The van der Waals surface area contributed by atoms with E-state index in [1.807, 2.05) is 43.3 Å². The van der Waals surface area contributed by atoms with Gasteiger partial charge in [0.15, 0.2) is 5.11 Å². The minimum Gasteiger partial charge on any atom is -0.497 e. The standard InChI is InChI=1S/C27H23N5O3S/c1-16-13-22-23(31-32(30-22)24-10-6-8-17-7-4-5-9-19(17)24)15-21(16)28-27(36)29-26(33)20-12-11-18(34-2)14-25(20)35-3/h4-15H,1-3H3,(H2,28,29,33,36). The summed E-state index contributed by atoms with van der Waals surface area (Å²) < 4.78 is 10.5. The molecule has 0 unspecified atom stereocenters. The van der Waals surface area contributed by atoms with E-state index in [9.17, 15) is 4.79 Å². The molecule has 5 rings (SSSR count). The first-order valence-corrected chi connectivity index (χ1v) is 11.6. The summed E-state index contributed by atoms with van der Waals surface area (Å²) in [5.41, 5.74) is 4.32. The van der Waals surface area contributed by atoms with Crippen LogP contribution in [0.4, 0.5) is 5.69 Å². The van der Waals surface area contributed by atoms with Gasteiger partial charge in [-0.2, -0.15) is 0 Å². The van der Waals surface area contributed by atoms with E-state index in [-0.39, 0.29) is 5.11 Å².